The Kier molecular flexibility index (Phi) is 7.50. The third-order valence-electron chi connectivity index (χ3n) is 3.66. The van der Waals surface area contributed by atoms with E-state index in [1.807, 2.05) is 55.6 Å². The number of carbonyl (C=O) groups excluding carboxylic acids is 2. The van der Waals surface area contributed by atoms with Gasteiger partial charge >= 0.3 is 0 Å². The number of nitrogens with two attached hydrogens (primary N) is 1. The molecule has 0 saturated heterocycles. The van der Waals surface area contributed by atoms with Gasteiger partial charge in [-0.05, 0) is 36.4 Å². The second-order valence-corrected chi connectivity index (χ2v) is 6.98. The number of carbonyl (C=O) groups is 2. The van der Waals surface area contributed by atoms with Gasteiger partial charge in [0.1, 0.15) is 12.3 Å². The number of rotatable bonds is 9. The zero-order chi connectivity index (χ0) is 18.9. The standard InChI is InChI=1S/C19H23N3O3S/c1-22(11-14-7-9-15(25-2)10-8-14)12-19(24)21-16-5-3-4-6-17(16)26-13-18(20)23/h3-10H,11-13H2,1-2H3,(H2,20,23)(H,21,24)/p+1. The van der Waals surface area contributed by atoms with Crippen molar-refractivity contribution >= 4 is 29.3 Å². The number of ether oxygens (including phenoxy) is 1. The molecule has 0 aliphatic heterocycles. The highest BCUT2D eigenvalue weighted by atomic mass is 32.2. The van der Waals surface area contributed by atoms with E-state index >= 15 is 0 Å². The summed E-state index contributed by atoms with van der Waals surface area (Å²) < 4.78 is 5.15. The smallest absolute Gasteiger partial charge is 0.279 e. The third-order valence-corrected chi connectivity index (χ3v) is 4.75. The minimum atomic E-state index is -0.389. The Balaban J connectivity index is 1.90. The van der Waals surface area contributed by atoms with Crippen molar-refractivity contribution in [3.05, 3.63) is 54.1 Å². The van der Waals surface area contributed by atoms with Crippen molar-refractivity contribution in [1.82, 2.24) is 0 Å². The zero-order valence-electron chi connectivity index (χ0n) is 15.0. The van der Waals surface area contributed by atoms with E-state index < -0.39 is 0 Å². The summed E-state index contributed by atoms with van der Waals surface area (Å²) in [6.07, 6.45) is 0. The van der Waals surface area contributed by atoms with Gasteiger partial charge in [-0.1, -0.05) is 12.1 Å². The lowest BCUT2D eigenvalue weighted by Gasteiger charge is -2.15. The van der Waals surface area contributed by atoms with Gasteiger partial charge in [0.2, 0.25) is 5.91 Å². The van der Waals surface area contributed by atoms with Crippen molar-refractivity contribution < 1.29 is 19.2 Å². The monoisotopic (exact) mass is 374 g/mol. The zero-order valence-corrected chi connectivity index (χ0v) is 15.8. The molecule has 0 heterocycles. The van der Waals surface area contributed by atoms with Crippen molar-refractivity contribution in [3.63, 3.8) is 0 Å². The molecule has 138 valence electrons. The maximum absolute atomic E-state index is 12.4. The molecule has 4 N–H and O–H groups in total. The molecule has 0 aliphatic rings. The molecule has 2 rings (SSSR count). The lowest BCUT2D eigenvalue weighted by Crippen LogP contribution is -3.08. The summed E-state index contributed by atoms with van der Waals surface area (Å²) in [6, 6.07) is 15.2. The van der Waals surface area contributed by atoms with Crippen molar-refractivity contribution in [2.24, 2.45) is 5.73 Å². The molecule has 26 heavy (non-hydrogen) atoms. The van der Waals surface area contributed by atoms with Gasteiger partial charge in [-0.3, -0.25) is 9.59 Å². The topological polar surface area (TPSA) is 85.9 Å². The number of hydrogen-bond donors (Lipinski definition) is 3. The SMILES string of the molecule is COc1ccc(C[NH+](C)CC(=O)Nc2ccccc2SCC(N)=O)cc1. The Morgan fingerprint density at radius 1 is 1.15 bits per heavy atom. The number of amides is 2. The first-order valence-electron chi connectivity index (χ1n) is 8.22. The Morgan fingerprint density at radius 2 is 1.85 bits per heavy atom. The summed E-state index contributed by atoms with van der Waals surface area (Å²) in [7, 11) is 3.60. The van der Waals surface area contributed by atoms with Crippen LogP contribution >= 0.6 is 11.8 Å². The minimum absolute atomic E-state index is 0.0804. The van der Waals surface area contributed by atoms with Crippen molar-refractivity contribution in [1.29, 1.82) is 0 Å². The van der Waals surface area contributed by atoms with Crippen LogP contribution in [-0.2, 0) is 16.1 Å². The van der Waals surface area contributed by atoms with E-state index in [0.29, 0.717) is 12.2 Å². The van der Waals surface area contributed by atoms with Gasteiger partial charge in [0, 0.05) is 10.5 Å². The molecule has 0 spiro atoms. The summed E-state index contributed by atoms with van der Waals surface area (Å²) in [6.45, 7) is 1.07. The summed E-state index contributed by atoms with van der Waals surface area (Å²) in [5.41, 5.74) is 7.02. The highest BCUT2D eigenvalue weighted by molar-refractivity contribution is 8.00. The van der Waals surface area contributed by atoms with Crippen LogP contribution in [0.4, 0.5) is 5.69 Å². The molecule has 1 atom stereocenters. The number of hydrogen-bond acceptors (Lipinski definition) is 4. The van der Waals surface area contributed by atoms with E-state index in [1.165, 1.54) is 11.8 Å². The molecule has 0 radical (unpaired) electrons. The first-order valence-corrected chi connectivity index (χ1v) is 9.20. The Morgan fingerprint density at radius 3 is 2.50 bits per heavy atom. The van der Waals surface area contributed by atoms with Crippen molar-refractivity contribution in [2.45, 2.75) is 11.4 Å². The van der Waals surface area contributed by atoms with Crippen LogP contribution in [0, 0.1) is 0 Å². The number of para-hydroxylation sites is 1. The van der Waals surface area contributed by atoms with Gasteiger partial charge in [0.25, 0.3) is 5.91 Å². The summed E-state index contributed by atoms with van der Waals surface area (Å²) in [4.78, 5) is 25.2. The van der Waals surface area contributed by atoms with Crippen LogP contribution in [0.15, 0.2) is 53.4 Å². The first-order chi connectivity index (χ1) is 12.5. The van der Waals surface area contributed by atoms with E-state index in [1.54, 1.807) is 7.11 Å². The van der Waals surface area contributed by atoms with Crippen LogP contribution < -0.4 is 20.7 Å². The predicted molar refractivity (Wildman–Crippen MR) is 103 cm³/mol. The van der Waals surface area contributed by atoms with Gasteiger partial charge < -0.3 is 20.7 Å². The van der Waals surface area contributed by atoms with Crippen LogP contribution in [0.5, 0.6) is 5.75 Å². The highest BCUT2D eigenvalue weighted by Gasteiger charge is 2.13. The number of anilines is 1. The summed E-state index contributed by atoms with van der Waals surface area (Å²) >= 11 is 1.31. The number of quaternary nitrogens is 1. The second kappa shape index (κ2) is 9.84. The molecule has 0 bridgehead atoms. The fraction of sp³-hybridized carbons (Fsp3) is 0.263. The van der Waals surface area contributed by atoms with Crippen LogP contribution in [0.1, 0.15) is 5.56 Å². The number of thioether (sulfide) groups is 1. The predicted octanol–water partition coefficient (Wildman–Crippen LogP) is 0.926. The summed E-state index contributed by atoms with van der Waals surface area (Å²) in [5, 5.41) is 2.92. The van der Waals surface area contributed by atoms with E-state index in [4.69, 9.17) is 10.5 Å². The van der Waals surface area contributed by atoms with E-state index in [0.717, 1.165) is 27.7 Å². The lowest BCUT2D eigenvalue weighted by atomic mass is 10.2. The molecular formula is C19H24N3O3S+. The average molecular weight is 374 g/mol. The maximum atomic E-state index is 12.4. The molecule has 1 unspecified atom stereocenters. The maximum Gasteiger partial charge on any atom is 0.279 e. The van der Waals surface area contributed by atoms with Crippen molar-refractivity contribution in [2.75, 3.05) is 31.8 Å². The molecule has 2 aromatic rings. The van der Waals surface area contributed by atoms with Crippen molar-refractivity contribution in [3.8, 4) is 5.75 Å². The van der Waals surface area contributed by atoms with Gasteiger partial charge in [0.15, 0.2) is 6.54 Å². The molecule has 2 amide bonds. The fourth-order valence-corrected chi connectivity index (χ4v) is 3.21. The fourth-order valence-electron chi connectivity index (χ4n) is 2.47. The van der Waals surface area contributed by atoms with Gasteiger partial charge in [0.05, 0.1) is 25.6 Å². The second-order valence-electron chi connectivity index (χ2n) is 5.96. The number of nitrogens with one attached hydrogen (secondary N) is 2. The summed E-state index contributed by atoms with van der Waals surface area (Å²) in [5.74, 6) is 0.521. The molecule has 2 aromatic carbocycles. The molecule has 0 fully saturated rings. The lowest BCUT2D eigenvalue weighted by molar-refractivity contribution is -0.885. The minimum Gasteiger partial charge on any atom is -0.497 e. The molecular weight excluding hydrogens is 350 g/mol. The Bertz CT molecular complexity index is 750. The molecule has 6 nitrogen and oxygen atoms in total. The number of methoxy groups -OCH3 is 1. The van der Waals surface area contributed by atoms with Crippen LogP contribution in [0.2, 0.25) is 0 Å². The average Bonchev–Trinajstić information content (AvgIpc) is 2.61. The van der Waals surface area contributed by atoms with E-state index in [2.05, 4.69) is 5.32 Å². The highest BCUT2D eigenvalue weighted by Crippen LogP contribution is 2.26. The number of benzene rings is 2. The Hall–Kier alpha value is -2.51. The van der Waals surface area contributed by atoms with E-state index in [-0.39, 0.29) is 17.6 Å². The first kappa shape index (κ1) is 19.8. The van der Waals surface area contributed by atoms with Gasteiger partial charge in [-0.15, -0.1) is 11.8 Å². The van der Waals surface area contributed by atoms with E-state index in [9.17, 15) is 9.59 Å². The quantitative estimate of drug-likeness (QED) is 0.570. The molecule has 0 saturated carbocycles. The van der Waals surface area contributed by atoms with Crippen LogP contribution in [-0.4, -0.2) is 38.3 Å². The molecule has 0 aliphatic carbocycles. The number of likely N-dealkylation sites (N-methyl/N-ethyl adjacent to an activating group) is 1. The molecule has 7 heteroatoms. The number of primary amides is 1. The normalized spacial score (nSPS) is 11.6. The third kappa shape index (κ3) is 6.42. The van der Waals surface area contributed by atoms with Crippen LogP contribution in [0.3, 0.4) is 0 Å². The largest absolute Gasteiger partial charge is 0.497 e. The van der Waals surface area contributed by atoms with Gasteiger partial charge in [-0.25, -0.2) is 0 Å². The van der Waals surface area contributed by atoms with Crippen LogP contribution in [0.25, 0.3) is 0 Å². The Labute approximate surface area is 157 Å². The van der Waals surface area contributed by atoms with Gasteiger partial charge in [-0.2, -0.15) is 0 Å². The molecule has 0 aromatic heterocycles.